The lowest BCUT2D eigenvalue weighted by molar-refractivity contribution is 0.188. The number of nitrogens with zero attached hydrogens (tertiary/aromatic N) is 2. The maximum absolute atomic E-state index is 11.9. The molecule has 0 unspecified atom stereocenters. The van der Waals surface area contributed by atoms with Gasteiger partial charge in [-0.05, 0) is 18.8 Å². The summed E-state index contributed by atoms with van der Waals surface area (Å²) in [5.41, 5.74) is 1.30. The molecule has 0 aliphatic carbocycles. The summed E-state index contributed by atoms with van der Waals surface area (Å²) in [4.78, 5) is 19.6. The topological polar surface area (TPSA) is 45.2 Å². The Bertz CT molecular complexity index is 448. The molecule has 0 saturated heterocycles. The van der Waals surface area contributed by atoms with Crippen molar-refractivity contribution in [3.8, 4) is 0 Å². The van der Waals surface area contributed by atoms with Gasteiger partial charge < -0.3 is 10.2 Å². The molecule has 114 valence electrons. The number of carbonyl (C=O) groups is 1. The predicted molar refractivity (Wildman–Crippen MR) is 85.4 cm³/mol. The molecule has 0 fully saturated rings. The highest BCUT2D eigenvalue weighted by atomic mass is 32.1. The third-order valence-electron chi connectivity index (χ3n) is 2.95. The summed E-state index contributed by atoms with van der Waals surface area (Å²) in [6, 6.07) is -0.0103. The van der Waals surface area contributed by atoms with Crippen LogP contribution in [0.25, 0.3) is 0 Å². The van der Waals surface area contributed by atoms with E-state index in [0.29, 0.717) is 6.54 Å². The number of aryl methyl sites for hydroxylation is 2. The maximum atomic E-state index is 11.9. The van der Waals surface area contributed by atoms with Crippen LogP contribution >= 0.6 is 11.3 Å². The van der Waals surface area contributed by atoms with Gasteiger partial charge in [-0.3, -0.25) is 0 Å². The smallest absolute Gasteiger partial charge is 0.317 e. The zero-order valence-electron chi connectivity index (χ0n) is 13.5. The van der Waals surface area contributed by atoms with Crippen LogP contribution in [-0.4, -0.2) is 36.1 Å². The van der Waals surface area contributed by atoms with E-state index in [4.69, 9.17) is 0 Å². The Morgan fingerprint density at radius 1 is 1.40 bits per heavy atom. The number of urea groups is 1. The molecule has 4 nitrogen and oxygen atoms in total. The summed E-state index contributed by atoms with van der Waals surface area (Å²) in [6.45, 7) is 12.0. The summed E-state index contributed by atoms with van der Waals surface area (Å²) in [5.74, 6) is 0. The molecule has 1 heterocycles. The van der Waals surface area contributed by atoms with Gasteiger partial charge in [0.25, 0.3) is 0 Å². The molecule has 5 heteroatoms. The van der Waals surface area contributed by atoms with Crippen molar-refractivity contribution >= 4 is 17.4 Å². The van der Waals surface area contributed by atoms with Crippen molar-refractivity contribution in [3.63, 3.8) is 0 Å². The molecule has 1 aromatic heterocycles. The first-order chi connectivity index (χ1) is 9.23. The van der Waals surface area contributed by atoms with E-state index in [1.54, 1.807) is 16.2 Å². The number of amides is 2. The SMILES string of the molecule is CCc1nc(CCNC(=O)N(C)CC(C)(C)C)sc1C. The number of hydrogen-bond acceptors (Lipinski definition) is 3. The molecule has 0 aromatic carbocycles. The minimum absolute atomic E-state index is 0.0103. The Morgan fingerprint density at radius 3 is 2.55 bits per heavy atom. The molecule has 20 heavy (non-hydrogen) atoms. The van der Waals surface area contributed by atoms with Crippen LogP contribution in [0, 0.1) is 12.3 Å². The fourth-order valence-electron chi connectivity index (χ4n) is 2.12. The molecular weight excluding hydrogens is 270 g/mol. The number of rotatable bonds is 5. The summed E-state index contributed by atoms with van der Waals surface area (Å²) in [5, 5.41) is 4.06. The Kier molecular flexibility index (Phi) is 5.99. The van der Waals surface area contributed by atoms with Gasteiger partial charge in [-0.15, -0.1) is 11.3 Å². The largest absolute Gasteiger partial charge is 0.338 e. The van der Waals surface area contributed by atoms with E-state index in [-0.39, 0.29) is 11.4 Å². The van der Waals surface area contributed by atoms with Crippen LogP contribution in [0.4, 0.5) is 4.79 Å². The first-order valence-corrected chi connectivity index (χ1v) is 7.98. The average Bonchev–Trinajstić information content (AvgIpc) is 2.67. The normalized spacial score (nSPS) is 11.5. The minimum Gasteiger partial charge on any atom is -0.338 e. The molecule has 1 aromatic rings. The van der Waals surface area contributed by atoms with E-state index in [9.17, 15) is 4.79 Å². The van der Waals surface area contributed by atoms with Crippen molar-refractivity contribution in [3.05, 3.63) is 15.6 Å². The van der Waals surface area contributed by atoms with Crippen molar-refractivity contribution in [1.82, 2.24) is 15.2 Å². The predicted octanol–water partition coefficient (Wildman–Crippen LogP) is 3.24. The van der Waals surface area contributed by atoms with Crippen molar-refractivity contribution < 1.29 is 4.79 Å². The fraction of sp³-hybridized carbons (Fsp3) is 0.733. The molecule has 0 saturated carbocycles. The molecule has 0 aliphatic heterocycles. The zero-order valence-corrected chi connectivity index (χ0v) is 14.4. The van der Waals surface area contributed by atoms with E-state index in [0.717, 1.165) is 24.4 Å². The quantitative estimate of drug-likeness (QED) is 0.907. The highest BCUT2D eigenvalue weighted by Crippen LogP contribution is 2.18. The Labute approximate surface area is 126 Å². The molecular formula is C15H27N3OS. The van der Waals surface area contributed by atoms with Gasteiger partial charge in [0.15, 0.2) is 0 Å². The van der Waals surface area contributed by atoms with Gasteiger partial charge in [-0.2, -0.15) is 0 Å². The number of carbonyl (C=O) groups excluding carboxylic acids is 1. The Balaban J connectivity index is 2.38. The van der Waals surface area contributed by atoms with Crippen LogP contribution < -0.4 is 5.32 Å². The van der Waals surface area contributed by atoms with E-state index < -0.39 is 0 Å². The molecule has 0 radical (unpaired) electrons. The van der Waals surface area contributed by atoms with Crippen molar-refractivity contribution in [1.29, 1.82) is 0 Å². The lowest BCUT2D eigenvalue weighted by Crippen LogP contribution is -2.42. The fourth-order valence-corrected chi connectivity index (χ4v) is 3.14. The van der Waals surface area contributed by atoms with Crippen LogP contribution in [0.1, 0.15) is 43.3 Å². The van der Waals surface area contributed by atoms with Gasteiger partial charge in [0.2, 0.25) is 0 Å². The van der Waals surface area contributed by atoms with Gasteiger partial charge in [-0.1, -0.05) is 27.7 Å². The van der Waals surface area contributed by atoms with Crippen molar-refractivity contribution in [2.45, 2.75) is 47.5 Å². The lowest BCUT2D eigenvalue weighted by Gasteiger charge is -2.26. The summed E-state index contributed by atoms with van der Waals surface area (Å²) in [7, 11) is 1.84. The second-order valence-electron chi connectivity index (χ2n) is 6.36. The van der Waals surface area contributed by atoms with Crippen LogP contribution in [-0.2, 0) is 12.8 Å². The number of thiazole rings is 1. The van der Waals surface area contributed by atoms with Gasteiger partial charge >= 0.3 is 6.03 Å². The van der Waals surface area contributed by atoms with E-state index in [1.807, 2.05) is 7.05 Å². The molecule has 2 amide bonds. The van der Waals surface area contributed by atoms with E-state index >= 15 is 0 Å². The highest BCUT2D eigenvalue weighted by molar-refractivity contribution is 7.11. The van der Waals surface area contributed by atoms with Gasteiger partial charge in [-0.25, -0.2) is 9.78 Å². The third kappa shape index (κ3) is 5.49. The van der Waals surface area contributed by atoms with Gasteiger partial charge in [0, 0.05) is 31.4 Å². The maximum Gasteiger partial charge on any atom is 0.317 e. The molecule has 0 bridgehead atoms. The summed E-state index contributed by atoms with van der Waals surface area (Å²) in [6.07, 6.45) is 1.78. The molecule has 1 rings (SSSR count). The van der Waals surface area contributed by atoms with Crippen LogP contribution in [0.2, 0.25) is 0 Å². The highest BCUT2D eigenvalue weighted by Gasteiger charge is 2.17. The minimum atomic E-state index is -0.0103. The Hall–Kier alpha value is -1.10. The van der Waals surface area contributed by atoms with Gasteiger partial charge in [0.1, 0.15) is 0 Å². The average molecular weight is 297 g/mol. The van der Waals surface area contributed by atoms with Crippen LogP contribution in [0.15, 0.2) is 0 Å². The third-order valence-corrected chi connectivity index (χ3v) is 4.02. The lowest BCUT2D eigenvalue weighted by atomic mass is 9.96. The Morgan fingerprint density at radius 2 is 2.05 bits per heavy atom. The van der Waals surface area contributed by atoms with Crippen molar-refractivity contribution in [2.75, 3.05) is 20.1 Å². The number of aromatic nitrogens is 1. The van der Waals surface area contributed by atoms with Crippen LogP contribution in [0.3, 0.4) is 0 Å². The molecule has 0 spiro atoms. The van der Waals surface area contributed by atoms with Crippen molar-refractivity contribution in [2.24, 2.45) is 5.41 Å². The first kappa shape index (κ1) is 17.0. The first-order valence-electron chi connectivity index (χ1n) is 7.17. The zero-order chi connectivity index (χ0) is 15.3. The molecule has 1 N–H and O–H groups in total. The number of hydrogen-bond donors (Lipinski definition) is 1. The summed E-state index contributed by atoms with van der Waals surface area (Å²) >= 11 is 1.73. The van der Waals surface area contributed by atoms with Crippen LogP contribution in [0.5, 0.6) is 0 Å². The second-order valence-corrected chi connectivity index (χ2v) is 7.65. The molecule has 0 aliphatic rings. The van der Waals surface area contributed by atoms with Gasteiger partial charge in [0.05, 0.1) is 10.7 Å². The number of nitrogens with one attached hydrogen (secondary N) is 1. The second kappa shape index (κ2) is 7.07. The molecule has 0 atom stereocenters. The standard InChI is InChI=1S/C15H27N3OS/c1-7-12-11(2)20-13(17-12)8-9-16-14(19)18(6)10-15(3,4)5/h7-10H2,1-6H3,(H,16,19). The monoisotopic (exact) mass is 297 g/mol. The van der Waals surface area contributed by atoms with E-state index in [2.05, 4.69) is 44.9 Å². The van der Waals surface area contributed by atoms with E-state index in [1.165, 1.54) is 10.6 Å². The summed E-state index contributed by atoms with van der Waals surface area (Å²) < 4.78 is 0.